The first-order valence-corrected chi connectivity index (χ1v) is 7.63. The monoisotopic (exact) mass is 335 g/mol. The lowest BCUT2D eigenvalue weighted by Crippen LogP contribution is -2.24. The molecule has 0 aromatic heterocycles. The molecule has 3 rings (SSSR count). The third-order valence-electron chi connectivity index (χ3n) is 3.45. The van der Waals surface area contributed by atoms with E-state index in [9.17, 15) is 9.18 Å². The molecule has 2 aromatic carbocycles. The van der Waals surface area contributed by atoms with Crippen LogP contribution in [0, 0.1) is 5.82 Å². The minimum Gasteiger partial charge on any atom is -0.490 e. The SMILES string of the molecule is O=C(NCc1ccc2c(c1)OCCCO2)c1c(F)cccc1Cl. The summed E-state index contributed by atoms with van der Waals surface area (Å²) in [6, 6.07) is 9.58. The summed E-state index contributed by atoms with van der Waals surface area (Å²) in [7, 11) is 0. The van der Waals surface area contributed by atoms with E-state index in [0.29, 0.717) is 24.7 Å². The van der Waals surface area contributed by atoms with Gasteiger partial charge >= 0.3 is 0 Å². The number of amides is 1. The number of nitrogens with one attached hydrogen (secondary N) is 1. The average molecular weight is 336 g/mol. The average Bonchev–Trinajstić information content (AvgIpc) is 2.77. The predicted molar refractivity (Wildman–Crippen MR) is 84.6 cm³/mol. The molecular formula is C17H15ClFNO3. The normalized spacial score (nSPS) is 13.3. The molecule has 1 amide bonds. The van der Waals surface area contributed by atoms with Gasteiger partial charge in [-0.3, -0.25) is 4.79 Å². The number of hydrogen-bond donors (Lipinski definition) is 1. The smallest absolute Gasteiger partial charge is 0.256 e. The summed E-state index contributed by atoms with van der Waals surface area (Å²) in [5, 5.41) is 2.74. The largest absolute Gasteiger partial charge is 0.490 e. The molecule has 4 nitrogen and oxygen atoms in total. The predicted octanol–water partition coefficient (Wildman–Crippen LogP) is 3.57. The second-order valence-electron chi connectivity index (χ2n) is 5.11. The number of halogens is 2. The van der Waals surface area contributed by atoms with Crippen molar-refractivity contribution in [1.29, 1.82) is 0 Å². The highest BCUT2D eigenvalue weighted by atomic mass is 35.5. The van der Waals surface area contributed by atoms with Crippen molar-refractivity contribution >= 4 is 17.5 Å². The van der Waals surface area contributed by atoms with Gasteiger partial charge < -0.3 is 14.8 Å². The number of ether oxygens (including phenoxy) is 2. The van der Waals surface area contributed by atoms with E-state index < -0.39 is 11.7 Å². The first-order chi connectivity index (χ1) is 11.1. The van der Waals surface area contributed by atoms with Gasteiger partial charge in [0.15, 0.2) is 11.5 Å². The number of rotatable bonds is 3. The van der Waals surface area contributed by atoms with E-state index in [1.807, 2.05) is 12.1 Å². The van der Waals surface area contributed by atoms with Crippen molar-refractivity contribution in [2.24, 2.45) is 0 Å². The van der Waals surface area contributed by atoms with Crippen LogP contribution in [-0.2, 0) is 6.54 Å². The summed E-state index contributed by atoms with van der Waals surface area (Å²) in [6.45, 7) is 1.45. The minimum atomic E-state index is -0.645. The lowest BCUT2D eigenvalue weighted by molar-refractivity contribution is 0.0947. The van der Waals surface area contributed by atoms with Gasteiger partial charge in [0.05, 0.1) is 23.8 Å². The molecule has 6 heteroatoms. The van der Waals surface area contributed by atoms with Crippen LogP contribution in [0.25, 0.3) is 0 Å². The first-order valence-electron chi connectivity index (χ1n) is 7.26. The van der Waals surface area contributed by atoms with Crippen molar-refractivity contribution in [3.05, 3.63) is 58.4 Å². The maximum Gasteiger partial charge on any atom is 0.256 e. The second kappa shape index (κ2) is 6.87. The van der Waals surface area contributed by atoms with Crippen LogP contribution in [0.1, 0.15) is 22.3 Å². The highest BCUT2D eigenvalue weighted by Crippen LogP contribution is 2.30. The molecule has 0 saturated carbocycles. The standard InChI is InChI=1S/C17H15ClFNO3/c18-12-3-1-4-13(19)16(12)17(21)20-10-11-5-6-14-15(9-11)23-8-2-7-22-14/h1,3-6,9H,2,7-8,10H2,(H,20,21). The Morgan fingerprint density at radius 3 is 2.74 bits per heavy atom. The summed E-state index contributed by atoms with van der Waals surface area (Å²) in [5.74, 6) is 0.141. The lowest BCUT2D eigenvalue weighted by Gasteiger charge is -2.11. The third-order valence-corrected chi connectivity index (χ3v) is 3.77. The van der Waals surface area contributed by atoms with Gasteiger partial charge in [-0.1, -0.05) is 23.7 Å². The van der Waals surface area contributed by atoms with Crippen LogP contribution in [0.3, 0.4) is 0 Å². The molecule has 120 valence electrons. The van der Waals surface area contributed by atoms with Crippen LogP contribution >= 0.6 is 11.6 Å². The van der Waals surface area contributed by atoms with Gasteiger partial charge in [0, 0.05) is 13.0 Å². The number of carbonyl (C=O) groups is 1. The molecule has 0 saturated heterocycles. The fourth-order valence-electron chi connectivity index (χ4n) is 2.30. The Morgan fingerprint density at radius 1 is 1.17 bits per heavy atom. The summed E-state index contributed by atoms with van der Waals surface area (Å²) in [4.78, 5) is 12.1. The molecule has 0 fully saturated rings. The van der Waals surface area contributed by atoms with E-state index in [-0.39, 0.29) is 17.1 Å². The molecular weight excluding hydrogens is 321 g/mol. The van der Waals surface area contributed by atoms with Gasteiger partial charge in [0.2, 0.25) is 0 Å². The Kier molecular flexibility index (Phi) is 4.67. The van der Waals surface area contributed by atoms with Crippen LogP contribution in [0.2, 0.25) is 5.02 Å². The van der Waals surface area contributed by atoms with Crippen LogP contribution in [-0.4, -0.2) is 19.1 Å². The van der Waals surface area contributed by atoms with Crippen molar-refractivity contribution in [2.75, 3.05) is 13.2 Å². The van der Waals surface area contributed by atoms with Gasteiger partial charge in [-0.15, -0.1) is 0 Å². The first kappa shape index (κ1) is 15.6. The van der Waals surface area contributed by atoms with Gasteiger partial charge in [0.1, 0.15) is 5.82 Å². The summed E-state index contributed by atoms with van der Waals surface area (Å²) < 4.78 is 24.9. The van der Waals surface area contributed by atoms with E-state index in [2.05, 4.69) is 5.32 Å². The van der Waals surface area contributed by atoms with E-state index in [1.165, 1.54) is 18.2 Å². The van der Waals surface area contributed by atoms with E-state index >= 15 is 0 Å². The molecule has 1 heterocycles. The van der Waals surface area contributed by atoms with Crippen LogP contribution in [0.15, 0.2) is 36.4 Å². The van der Waals surface area contributed by atoms with Gasteiger partial charge in [-0.05, 0) is 29.8 Å². The Hall–Kier alpha value is -2.27. The zero-order chi connectivity index (χ0) is 16.2. The number of hydrogen-bond acceptors (Lipinski definition) is 3. The Bertz CT molecular complexity index is 716. The van der Waals surface area contributed by atoms with Gasteiger partial charge in [-0.25, -0.2) is 4.39 Å². The highest BCUT2D eigenvalue weighted by Gasteiger charge is 2.16. The Morgan fingerprint density at radius 2 is 1.96 bits per heavy atom. The number of fused-ring (bicyclic) bond motifs is 1. The molecule has 1 N–H and O–H groups in total. The molecule has 1 aliphatic rings. The molecule has 2 aromatic rings. The Labute approximate surface area is 138 Å². The Balaban J connectivity index is 1.71. The lowest BCUT2D eigenvalue weighted by atomic mass is 10.1. The highest BCUT2D eigenvalue weighted by molar-refractivity contribution is 6.33. The molecule has 0 bridgehead atoms. The second-order valence-corrected chi connectivity index (χ2v) is 5.52. The number of benzene rings is 2. The minimum absolute atomic E-state index is 0.0844. The van der Waals surface area contributed by atoms with E-state index in [1.54, 1.807) is 6.07 Å². The molecule has 0 aliphatic carbocycles. The van der Waals surface area contributed by atoms with Crippen LogP contribution < -0.4 is 14.8 Å². The third kappa shape index (κ3) is 3.56. The van der Waals surface area contributed by atoms with Crippen LogP contribution in [0.4, 0.5) is 4.39 Å². The summed E-state index contributed by atoms with van der Waals surface area (Å²) in [6.07, 6.45) is 0.826. The zero-order valence-electron chi connectivity index (χ0n) is 12.3. The maximum absolute atomic E-state index is 13.7. The molecule has 0 radical (unpaired) electrons. The zero-order valence-corrected chi connectivity index (χ0v) is 13.0. The summed E-state index contributed by atoms with van der Waals surface area (Å²) in [5.41, 5.74) is 0.679. The van der Waals surface area contributed by atoms with Crippen LogP contribution in [0.5, 0.6) is 11.5 Å². The van der Waals surface area contributed by atoms with Crippen molar-refractivity contribution in [3.8, 4) is 11.5 Å². The van der Waals surface area contributed by atoms with Crippen molar-refractivity contribution in [2.45, 2.75) is 13.0 Å². The molecule has 0 atom stereocenters. The fourth-order valence-corrected chi connectivity index (χ4v) is 2.55. The van der Waals surface area contributed by atoms with Gasteiger partial charge in [-0.2, -0.15) is 0 Å². The van der Waals surface area contributed by atoms with Crippen molar-refractivity contribution in [3.63, 3.8) is 0 Å². The topological polar surface area (TPSA) is 47.6 Å². The molecule has 23 heavy (non-hydrogen) atoms. The van der Waals surface area contributed by atoms with Crippen molar-refractivity contribution < 1.29 is 18.7 Å². The van der Waals surface area contributed by atoms with Crippen molar-refractivity contribution in [1.82, 2.24) is 5.32 Å². The van der Waals surface area contributed by atoms with Gasteiger partial charge in [0.25, 0.3) is 5.91 Å². The summed E-state index contributed by atoms with van der Waals surface area (Å²) >= 11 is 5.88. The van der Waals surface area contributed by atoms with E-state index in [4.69, 9.17) is 21.1 Å². The molecule has 1 aliphatic heterocycles. The fraction of sp³-hybridized carbons (Fsp3) is 0.235. The number of carbonyl (C=O) groups excluding carboxylic acids is 1. The molecule has 0 spiro atoms. The quantitative estimate of drug-likeness (QED) is 0.932. The molecule has 0 unspecified atom stereocenters. The van der Waals surface area contributed by atoms with E-state index in [0.717, 1.165) is 12.0 Å². The maximum atomic E-state index is 13.7.